The van der Waals surface area contributed by atoms with E-state index in [2.05, 4.69) is 34.6 Å². The molecule has 0 radical (unpaired) electrons. The molecule has 5 N–H and O–H groups in total. The molecule has 4 heterocycles. The molecule has 0 saturated heterocycles. The molecule has 0 bridgehead atoms. The third-order valence-electron chi connectivity index (χ3n) is 6.22. The molecule has 2 atom stereocenters. The second kappa shape index (κ2) is 8.86. The SMILES string of the molecule is COC1=C([NH2+]c2ccncc2)NC(c2nn(Cc3ccc4c(c3)OC([OH2+])C4)c3ccccc23)N=C1. The molecule has 0 fully saturated rings. The maximum atomic E-state index is 7.87. The van der Waals surface area contributed by atoms with Gasteiger partial charge >= 0.3 is 6.29 Å². The molecule has 6 rings (SSSR count). The number of nitrogens with zero attached hydrogens (tertiary/aromatic N) is 4. The number of methoxy groups -OCH3 is 1. The number of nitrogens with one attached hydrogen (secondary N) is 1. The topological polar surface area (TPSA) is 113 Å². The first kappa shape index (κ1) is 21.3. The van der Waals surface area contributed by atoms with Gasteiger partial charge in [-0.3, -0.25) is 20.0 Å². The number of nitrogens with two attached hydrogens (primary N) is 1. The van der Waals surface area contributed by atoms with Crippen molar-refractivity contribution in [3.8, 4) is 5.75 Å². The van der Waals surface area contributed by atoms with Gasteiger partial charge in [0.15, 0.2) is 6.17 Å². The molecule has 35 heavy (non-hydrogen) atoms. The summed E-state index contributed by atoms with van der Waals surface area (Å²) in [5, 5.41) is 19.4. The molecule has 9 heteroatoms. The van der Waals surface area contributed by atoms with Crippen LogP contribution in [0.25, 0.3) is 10.9 Å². The summed E-state index contributed by atoms with van der Waals surface area (Å²) < 4.78 is 13.2. The summed E-state index contributed by atoms with van der Waals surface area (Å²) in [7, 11) is 1.64. The normalized spacial score (nSPS) is 18.9. The number of hydrogen-bond acceptors (Lipinski definition) is 6. The zero-order valence-corrected chi connectivity index (χ0v) is 19.2. The molecule has 9 nitrogen and oxygen atoms in total. The quantitative estimate of drug-likeness (QED) is 0.418. The van der Waals surface area contributed by atoms with Crippen LogP contribution in [0.4, 0.5) is 5.69 Å². The molecule has 176 valence electrons. The van der Waals surface area contributed by atoms with Crippen LogP contribution in [-0.2, 0) is 17.7 Å². The Morgan fingerprint density at radius 2 is 2.03 bits per heavy atom. The fourth-order valence-electron chi connectivity index (χ4n) is 4.53. The lowest BCUT2D eigenvalue weighted by Crippen LogP contribution is -2.79. The lowest BCUT2D eigenvalue weighted by molar-refractivity contribution is -0.527. The van der Waals surface area contributed by atoms with Crippen LogP contribution < -0.4 is 15.4 Å². The van der Waals surface area contributed by atoms with Gasteiger partial charge < -0.3 is 19.9 Å². The number of para-hydroxylation sites is 1. The third-order valence-corrected chi connectivity index (χ3v) is 6.22. The van der Waals surface area contributed by atoms with E-state index >= 15 is 0 Å². The highest BCUT2D eigenvalue weighted by Gasteiger charge is 2.27. The predicted molar refractivity (Wildman–Crippen MR) is 131 cm³/mol. The van der Waals surface area contributed by atoms with E-state index in [0.717, 1.165) is 45.0 Å². The number of ether oxygens (including phenoxy) is 2. The molecular weight excluding hydrogens is 444 g/mol. The van der Waals surface area contributed by atoms with E-state index < -0.39 is 6.29 Å². The van der Waals surface area contributed by atoms with Crippen LogP contribution in [0, 0.1) is 0 Å². The Bertz CT molecular complexity index is 1450. The first-order valence-corrected chi connectivity index (χ1v) is 11.5. The van der Waals surface area contributed by atoms with E-state index in [1.165, 1.54) is 0 Å². The lowest BCUT2D eigenvalue weighted by atomic mass is 10.1. The Balaban J connectivity index is 1.31. The molecular formula is C26H26N6O3+2. The number of allylic oxidation sites excluding steroid dienone is 1. The largest absolute Gasteiger partial charge is 0.489 e. The van der Waals surface area contributed by atoms with Crippen molar-refractivity contribution in [1.29, 1.82) is 0 Å². The van der Waals surface area contributed by atoms with Gasteiger partial charge in [0.25, 0.3) is 0 Å². The number of hydrogen-bond donors (Lipinski definition) is 2. The van der Waals surface area contributed by atoms with Crippen LogP contribution in [-0.4, -0.2) is 39.5 Å². The Morgan fingerprint density at radius 1 is 1.17 bits per heavy atom. The molecule has 4 aromatic rings. The molecule has 2 unspecified atom stereocenters. The minimum Gasteiger partial charge on any atom is -0.489 e. The second-order valence-electron chi connectivity index (χ2n) is 8.54. The zero-order chi connectivity index (χ0) is 23.8. The van der Waals surface area contributed by atoms with Crippen molar-refractivity contribution in [2.75, 3.05) is 7.11 Å². The van der Waals surface area contributed by atoms with Crippen molar-refractivity contribution in [2.24, 2.45) is 4.99 Å². The van der Waals surface area contributed by atoms with Crippen LogP contribution in [0.1, 0.15) is 23.0 Å². The van der Waals surface area contributed by atoms with Gasteiger partial charge in [-0.15, -0.1) is 0 Å². The Kier molecular flexibility index (Phi) is 5.40. The van der Waals surface area contributed by atoms with Crippen molar-refractivity contribution in [1.82, 2.24) is 20.1 Å². The van der Waals surface area contributed by atoms with E-state index in [1.807, 2.05) is 40.3 Å². The fraction of sp³-hybridized carbons (Fsp3) is 0.192. The van der Waals surface area contributed by atoms with Crippen molar-refractivity contribution in [3.05, 3.63) is 95.4 Å². The molecule has 0 amide bonds. The minimum absolute atomic E-state index is 0.361. The number of aromatic nitrogens is 3. The van der Waals surface area contributed by atoms with Crippen molar-refractivity contribution >= 4 is 22.8 Å². The number of fused-ring (bicyclic) bond motifs is 2. The maximum Gasteiger partial charge on any atom is 0.308 e. The van der Waals surface area contributed by atoms with Gasteiger partial charge in [-0.05, 0) is 17.7 Å². The maximum absolute atomic E-state index is 7.87. The Labute approximate surface area is 201 Å². The highest BCUT2D eigenvalue weighted by Crippen LogP contribution is 2.31. The standard InChI is InChI=1S/C26H24N6O3/c1-34-22-14-28-26(30-25(22)29-18-8-10-27-11-9-18)24-19-4-2-3-5-20(19)32(31-24)15-16-6-7-17-13-23(33)35-21(17)12-16/h2-12,14,23,26,30,33H,13,15H2,1H3,(H,27,29)/p+2. The van der Waals surface area contributed by atoms with Gasteiger partial charge in [-0.1, -0.05) is 30.3 Å². The molecule has 2 aliphatic heterocycles. The molecule has 0 spiro atoms. The van der Waals surface area contributed by atoms with Crippen LogP contribution >= 0.6 is 0 Å². The van der Waals surface area contributed by atoms with Crippen LogP contribution in [0.2, 0.25) is 0 Å². The van der Waals surface area contributed by atoms with E-state index in [0.29, 0.717) is 18.7 Å². The summed E-state index contributed by atoms with van der Waals surface area (Å²) in [6.07, 6.45) is 5.02. The number of pyridine rings is 1. The highest BCUT2D eigenvalue weighted by atomic mass is 16.6. The molecule has 2 aromatic carbocycles. The van der Waals surface area contributed by atoms with Crippen molar-refractivity contribution in [3.63, 3.8) is 0 Å². The van der Waals surface area contributed by atoms with E-state index in [-0.39, 0.29) is 6.17 Å². The Hall–Kier alpha value is -4.21. The van der Waals surface area contributed by atoms with Crippen molar-refractivity contribution in [2.45, 2.75) is 25.4 Å². The number of rotatable bonds is 6. The molecule has 0 saturated carbocycles. The first-order valence-electron chi connectivity index (χ1n) is 11.5. The van der Waals surface area contributed by atoms with E-state index in [4.69, 9.17) is 24.7 Å². The average Bonchev–Trinajstić information content (AvgIpc) is 3.44. The summed E-state index contributed by atoms with van der Waals surface area (Å²) in [5.41, 5.74) is 5.04. The first-order chi connectivity index (χ1) is 17.2. The molecule has 2 aromatic heterocycles. The van der Waals surface area contributed by atoms with E-state index in [1.54, 1.807) is 25.7 Å². The van der Waals surface area contributed by atoms with Crippen LogP contribution in [0.3, 0.4) is 0 Å². The van der Waals surface area contributed by atoms with Gasteiger partial charge in [0.2, 0.25) is 11.6 Å². The van der Waals surface area contributed by atoms with Crippen LogP contribution in [0.5, 0.6) is 5.75 Å². The fourth-order valence-corrected chi connectivity index (χ4v) is 4.53. The van der Waals surface area contributed by atoms with Gasteiger partial charge in [0.05, 0.1) is 31.8 Å². The summed E-state index contributed by atoms with van der Waals surface area (Å²) >= 11 is 0. The molecule has 0 aliphatic carbocycles. The summed E-state index contributed by atoms with van der Waals surface area (Å²) in [5.74, 6) is 2.29. The van der Waals surface area contributed by atoms with Crippen LogP contribution in [0.15, 0.2) is 83.6 Å². The number of aliphatic imine (C=N–C) groups is 1. The minimum atomic E-state index is -0.518. The summed E-state index contributed by atoms with van der Waals surface area (Å²) in [6.45, 7) is 0.589. The molecule has 2 aliphatic rings. The van der Waals surface area contributed by atoms with Gasteiger partial charge in [-0.2, -0.15) is 5.10 Å². The zero-order valence-electron chi connectivity index (χ0n) is 19.2. The summed E-state index contributed by atoms with van der Waals surface area (Å²) in [6, 6.07) is 18.2. The van der Waals surface area contributed by atoms with E-state index in [9.17, 15) is 0 Å². The lowest BCUT2D eigenvalue weighted by Gasteiger charge is -2.20. The average molecular weight is 471 g/mol. The highest BCUT2D eigenvalue weighted by molar-refractivity contribution is 5.84. The number of quaternary nitrogens is 1. The van der Waals surface area contributed by atoms with Crippen molar-refractivity contribution < 1.29 is 19.9 Å². The van der Waals surface area contributed by atoms with Gasteiger partial charge in [0, 0.05) is 35.5 Å². The summed E-state index contributed by atoms with van der Waals surface area (Å²) in [4.78, 5) is 8.79. The predicted octanol–water partition coefficient (Wildman–Crippen LogP) is 1.85. The monoisotopic (exact) mass is 470 g/mol. The third kappa shape index (κ3) is 4.11. The second-order valence-corrected chi connectivity index (χ2v) is 8.54. The van der Waals surface area contributed by atoms with Gasteiger partial charge in [0.1, 0.15) is 17.1 Å². The van der Waals surface area contributed by atoms with Gasteiger partial charge in [-0.25, -0.2) is 0 Å². The number of benzene rings is 2. The smallest absolute Gasteiger partial charge is 0.308 e. The Morgan fingerprint density at radius 3 is 2.89 bits per heavy atom.